The summed E-state index contributed by atoms with van der Waals surface area (Å²) in [6, 6.07) is 16.2. The summed E-state index contributed by atoms with van der Waals surface area (Å²) in [5.41, 5.74) is 1.94. The molecule has 3 aromatic rings. The SMILES string of the molecule is Cc1ccc(S(=O)(=O)N(C)c2nc(N(C)Cc3ccccc3)nc([N+](C)(C)C(=O)OC3=CCCC=C3)n2)cc1. The second kappa shape index (κ2) is 11.3. The van der Waals surface area contributed by atoms with E-state index in [0.29, 0.717) is 12.3 Å². The van der Waals surface area contributed by atoms with E-state index in [1.165, 1.54) is 19.2 Å². The zero-order chi connectivity index (χ0) is 28.2. The molecule has 1 heterocycles. The highest BCUT2D eigenvalue weighted by Crippen LogP contribution is 2.27. The van der Waals surface area contributed by atoms with Crippen LogP contribution in [0, 0.1) is 6.92 Å². The van der Waals surface area contributed by atoms with E-state index in [0.717, 1.165) is 28.3 Å². The fraction of sp³-hybridized carbons (Fsp3) is 0.286. The number of carbonyl (C=O) groups is 1. The number of aryl methyl sites for hydroxylation is 1. The highest BCUT2D eigenvalue weighted by molar-refractivity contribution is 7.92. The van der Waals surface area contributed by atoms with Crippen molar-refractivity contribution < 1.29 is 17.9 Å². The van der Waals surface area contributed by atoms with Gasteiger partial charge in [-0.1, -0.05) is 54.1 Å². The van der Waals surface area contributed by atoms with Crippen LogP contribution >= 0.6 is 0 Å². The monoisotopic (exact) mass is 549 g/mol. The molecule has 2 aromatic carbocycles. The lowest BCUT2D eigenvalue weighted by atomic mass is 10.2. The Kier molecular flexibility index (Phi) is 8.12. The summed E-state index contributed by atoms with van der Waals surface area (Å²) < 4.78 is 33.1. The second-order valence-corrected chi connectivity index (χ2v) is 11.7. The zero-order valence-corrected chi connectivity index (χ0v) is 23.6. The molecule has 0 N–H and O–H groups in total. The van der Waals surface area contributed by atoms with Gasteiger partial charge in [-0.05, 0) is 49.6 Å². The molecule has 1 aliphatic rings. The van der Waals surface area contributed by atoms with Crippen LogP contribution in [0.25, 0.3) is 0 Å². The molecule has 0 spiro atoms. The van der Waals surface area contributed by atoms with E-state index in [9.17, 15) is 13.2 Å². The van der Waals surface area contributed by atoms with Gasteiger partial charge in [-0.15, -0.1) is 9.97 Å². The number of anilines is 2. The average molecular weight is 550 g/mol. The topological polar surface area (TPSA) is 106 Å². The number of quaternary nitrogens is 1. The molecular weight excluding hydrogens is 516 g/mol. The van der Waals surface area contributed by atoms with Crippen molar-refractivity contribution in [2.24, 2.45) is 0 Å². The maximum Gasteiger partial charge on any atom is 0.528 e. The lowest BCUT2D eigenvalue weighted by Crippen LogP contribution is -2.48. The maximum atomic E-state index is 13.5. The van der Waals surface area contributed by atoms with Crippen LogP contribution in [-0.2, 0) is 21.3 Å². The van der Waals surface area contributed by atoms with Gasteiger partial charge < -0.3 is 9.64 Å². The first-order valence-electron chi connectivity index (χ1n) is 12.5. The van der Waals surface area contributed by atoms with Gasteiger partial charge in [0.05, 0.1) is 19.0 Å². The summed E-state index contributed by atoms with van der Waals surface area (Å²) in [6.07, 6.45) is 6.57. The summed E-state index contributed by atoms with van der Waals surface area (Å²) in [7, 11) is 2.35. The van der Waals surface area contributed by atoms with Gasteiger partial charge in [0.2, 0.25) is 11.9 Å². The molecule has 1 aromatic heterocycles. The molecule has 0 unspecified atom stereocenters. The summed E-state index contributed by atoms with van der Waals surface area (Å²) in [5.74, 6) is 0.574. The first-order chi connectivity index (χ1) is 18.5. The molecule has 204 valence electrons. The Morgan fingerprint density at radius 3 is 2.26 bits per heavy atom. The number of sulfonamides is 1. The number of hydrogen-bond acceptors (Lipinski definition) is 8. The number of ether oxygens (including phenoxy) is 1. The van der Waals surface area contributed by atoms with E-state index >= 15 is 0 Å². The molecule has 0 saturated carbocycles. The van der Waals surface area contributed by atoms with Crippen molar-refractivity contribution >= 4 is 34.0 Å². The van der Waals surface area contributed by atoms with Gasteiger partial charge in [-0.25, -0.2) is 12.7 Å². The van der Waals surface area contributed by atoms with Gasteiger partial charge >= 0.3 is 12.0 Å². The molecule has 0 radical (unpaired) electrons. The maximum absolute atomic E-state index is 13.5. The first kappa shape index (κ1) is 27.9. The number of rotatable bonds is 8. The molecular formula is C28H33N6O4S+. The summed E-state index contributed by atoms with van der Waals surface area (Å²) in [4.78, 5) is 28.7. The van der Waals surface area contributed by atoms with E-state index in [1.807, 2.05) is 49.4 Å². The Morgan fingerprint density at radius 2 is 1.62 bits per heavy atom. The quantitative estimate of drug-likeness (QED) is 0.376. The number of carbonyl (C=O) groups excluding carboxylic acids is 1. The van der Waals surface area contributed by atoms with Crippen LogP contribution in [-0.4, -0.2) is 57.7 Å². The van der Waals surface area contributed by atoms with E-state index in [4.69, 9.17) is 4.74 Å². The van der Waals surface area contributed by atoms with Crippen molar-refractivity contribution in [2.75, 3.05) is 37.4 Å². The predicted molar refractivity (Wildman–Crippen MR) is 152 cm³/mol. The molecule has 0 bridgehead atoms. The van der Waals surface area contributed by atoms with Crippen LogP contribution < -0.4 is 13.7 Å². The third-order valence-corrected chi connectivity index (χ3v) is 8.04. The number of allylic oxidation sites excluding steroid dienone is 3. The third kappa shape index (κ3) is 6.32. The van der Waals surface area contributed by atoms with Gasteiger partial charge in [0, 0.05) is 20.6 Å². The predicted octanol–water partition coefficient (Wildman–Crippen LogP) is 4.58. The van der Waals surface area contributed by atoms with Gasteiger partial charge in [0.25, 0.3) is 10.0 Å². The van der Waals surface area contributed by atoms with Crippen LogP contribution in [0.15, 0.2) is 83.5 Å². The van der Waals surface area contributed by atoms with Crippen molar-refractivity contribution in [3.05, 3.63) is 89.7 Å². The Morgan fingerprint density at radius 1 is 0.949 bits per heavy atom. The van der Waals surface area contributed by atoms with E-state index in [2.05, 4.69) is 15.0 Å². The molecule has 0 fully saturated rings. The lowest BCUT2D eigenvalue weighted by molar-refractivity contribution is 0.147. The van der Waals surface area contributed by atoms with Crippen molar-refractivity contribution in [3.63, 3.8) is 0 Å². The lowest BCUT2D eigenvalue weighted by Gasteiger charge is -2.26. The minimum atomic E-state index is -3.99. The summed E-state index contributed by atoms with van der Waals surface area (Å²) in [5, 5.41) is 0. The molecule has 0 atom stereocenters. The minimum absolute atomic E-state index is 0.0336. The Balaban J connectivity index is 1.75. The molecule has 11 heteroatoms. The van der Waals surface area contributed by atoms with Crippen LogP contribution in [0.4, 0.5) is 22.6 Å². The molecule has 0 aliphatic heterocycles. The van der Waals surface area contributed by atoms with Gasteiger partial charge in [-0.2, -0.15) is 14.3 Å². The van der Waals surface area contributed by atoms with Crippen LogP contribution in [0.1, 0.15) is 24.0 Å². The number of amides is 1. The minimum Gasteiger partial charge on any atom is -0.381 e. The first-order valence-corrected chi connectivity index (χ1v) is 13.9. The number of hydrogen-bond donors (Lipinski definition) is 0. The van der Waals surface area contributed by atoms with Gasteiger partial charge in [0.15, 0.2) is 0 Å². The molecule has 4 rings (SSSR count). The third-order valence-electron chi connectivity index (χ3n) is 6.29. The highest BCUT2D eigenvalue weighted by Gasteiger charge is 2.38. The van der Waals surface area contributed by atoms with Gasteiger partial charge in [0.1, 0.15) is 5.76 Å². The van der Waals surface area contributed by atoms with Crippen LogP contribution in [0.5, 0.6) is 0 Å². The molecule has 39 heavy (non-hydrogen) atoms. The van der Waals surface area contributed by atoms with Crippen molar-refractivity contribution in [3.8, 4) is 0 Å². The Labute approximate surface area is 229 Å². The summed E-state index contributed by atoms with van der Waals surface area (Å²) in [6.45, 7) is 2.33. The Hall–Kier alpha value is -4.09. The zero-order valence-electron chi connectivity index (χ0n) is 22.8. The Bertz CT molecular complexity index is 1500. The summed E-state index contributed by atoms with van der Waals surface area (Å²) >= 11 is 0. The van der Waals surface area contributed by atoms with E-state index in [-0.39, 0.29) is 22.7 Å². The van der Waals surface area contributed by atoms with Gasteiger partial charge in [-0.3, -0.25) is 0 Å². The molecule has 1 aliphatic carbocycles. The van der Waals surface area contributed by atoms with Crippen molar-refractivity contribution in [1.82, 2.24) is 19.4 Å². The number of benzene rings is 2. The van der Waals surface area contributed by atoms with Crippen molar-refractivity contribution in [2.45, 2.75) is 31.2 Å². The smallest absolute Gasteiger partial charge is 0.381 e. The largest absolute Gasteiger partial charge is 0.528 e. The fourth-order valence-electron chi connectivity index (χ4n) is 3.77. The van der Waals surface area contributed by atoms with E-state index < -0.39 is 20.6 Å². The van der Waals surface area contributed by atoms with Crippen LogP contribution in [0.2, 0.25) is 0 Å². The van der Waals surface area contributed by atoms with Crippen LogP contribution in [0.3, 0.4) is 0 Å². The molecule has 0 saturated heterocycles. The number of aromatic nitrogens is 3. The fourth-order valence-corrected chi connectivity index (χ4v) is 4.86. The molecule has 1 amide bonds. The number of nitrogens with zero attached hydrogens (tertiary/aromatic N) is 6. The highest BCUT2D eigenvalue weighted by atomic mass is 32.2. The molecule has 10 nitrogen and oxygen atoms in total. The van der Waals surface area contributed by atoms with Crippen molar-refractivity contribution in [1.29, 1.82) is 0 Å². The standard InChI is InChI=1S/C28H33N6O4S/c1-21-16-18-24(19-17-21)39(36,37)33(3)26-29-25(32(2)20-22-12-8-6-9-13-22)30-27(31-26)34(4,5)28(35)38-23-14-10-7-11-15-23/h6,8-10,12-19H,7,11,20H2,1-5H3/q+1. The average Bonchev–Trinajstić information content (AvgIpc) is 2.93. The normalized spacial score (nSPS) is 13.5. The van der Waals surface area contributed by atoms with E-state index in [1.54, 1.807) is 44.3 Å². The second-order valence-electron chi connectivity index (χ2n) is 9.77.